The fraction of sp³-hybridized carbons (Fsp3) is 0.545. The molecule has 4 N–H and O–H groups in total. The van der Waals surface area contributed by atoms with Crippen LogP contribution in [0.3, 0.4) is 0 Å². The highest BCUT2D eigenvalue weighted by Crippen LogP contribution is 2.24. The smallest absolute Gasteiger partial charge is 0.260 e. The van der Waals surface area contributed by atoms with E-state index in [0.717, 1.165) is 0 Å². The predicted molar refractivity (Wildman–Crippen MR) is 72.9 cm³/mol. The van der Waals surface area contributed by atoms with Crippen molar-refractivity contribution in [2.24, 2.45) is 5.84 Å². The number of likely N-dealkylation sites (N-methyl/N-ethyl adjacent to an activating group) is 1. The number of sulfonamides is 1. The van der Waals surface area contributed by atoms with E-state index in [1.165, 1.54) is 19.0 Å². The van der Waals surface area contributed by atoms with Crippen molar-refractivity contribution in [1.82, 2.24) is 14.6 Å². The van der Waals surface area contributed by atoms with Crippen molar-refractivity contribution in [3.8, 4) is 0 Å². The predicted octanol–water partition coefficient (Wildman–Crippen LogP) is -0.260. The highest BCUT2D eigenvalue weighted by molar-refractivity contribution is 7.89. The zero-order valence-electron chi connectivity index (χ0n) is 10.8. The van der Waals surface area contributed by atoms with E-state index in [1.54, 1.807) is 12.1 Å². The van der Waals surface area contributed by atoms with Gasteiger partial charge in [-0.2, -0.15) is 0 Å². The summed E-state index contributed by atoms with van der Waals surface area (Å²) in [6.45, 7) is 1.04. The first-order valence-corrected chi connectivity index (χ1v) is 7.64. The maximum Gasteiger partial charge on any atom is 0.260 e. The number of aromatic nitrogens is 1. The maximum absolute atomic E-state index is 12.1. The van der Waals surface area contributed by atoms with Crippen LogP contribution in [-0.2, 0) is 10.0 Å². The number of nitrogens with one attached hydrogen (secondary N) is 2. The fourth-order valence-corrected chi connectivity index (χ4v) is 2.95. The van der Waals surface area contributed by atoms with Gasteiger partial charge in [-0.05, 0) is 32.0 Å². The zero-order chi connectivity index (χ0) is 13.9. The van der Waals surface area contributed by atoms with Crippen molar-refractivity contribution < 1.29 is 8.42 Å². The summed E-state index contributed by atoms with van der Waals surface area (Å²) in [5.74, 6) is 5.28. The van der Waals surface area contributed by atoms with Gasteiger partial charge in [0.15, 0.2) is 5.03 Å². The van der Waals surface area contributed by atoms with Crippen molar-refractivity contribution in [1.29, 1.82) is 0 Å². The second kappa shape index (κ2) is 5.83. The molecule has 0 bridgehead atoms. The molecule has 0 radical (unpaired) electrons. The van der Waals surface area contributed by atoms with Gasteiger partial charge in [-0.15, -0.1) is 0 Å². The minimum atomic E-state index is -3.63. The molecule has 1 fully saturated rings. The Morgan fingerprint density at radius 2 is 2.26 bits per heavy atom. The van der Waals surface area contributed by atoms with Crippen LogP contribution in [0.2, 0.25) is 0 Å². The molecule has 8 heteroatoms. The lowest BCUT2D eigenvalue weighted by atomic mass is 10.4. The average Bonchev–Trinajstić information content (AvgIpc) is 3.22. The van der Waals surface area contributed by atoms with E-state index in [-0.39, 0.29) is 10.7 Å². The number of pyridine rings is 1. The summed E-state index contributed by atoms with van der Waals surface area (Å²) < 4.78 is 26.7. The van der Waals surface area contributed by atoms with Crippen LogP contribution in [0.4, 0.5) is 5.69 Å². The molecule has 106 valence electrons. The third kappa shape index (κ3) is 3.63. The molecule has 0 aliphatic heterocycles. The summed E-state index contributed by atoms with van der Waals surface area (Å²) in [6.07, 6.45) is 3.82. The molecule has 0 aromatic carbocycles. The van der Waals surface area contributed by atoms with Gasteiger partial charge in [0.1, 0.15) is 0 Å². The van der Waals surface area contributed by atoms with Gasteiger partial charge < -0.3 is 10.3 Å². The number of nitrogens with zero attached hydrogens (tertiary/aromatic N) is 2. The van der Waals surface area contributed by atoms with Crippen LogP contribution < -0.4 is 16.0 Å². The minimum absolute atomic E-state index is 0.0772. The molecular formula is C11H19N5O2S. The van der Waals surface area contributed by atoms with Crippen molar-refractivity contribution in [3.05, 3.63) is 18.3 Å². The van der Waals surface area contributed by atoms with E-state index in [4.69, 9.17) is 5.84 Å². The highest BCUT2D eigenvalue weighted by atomic mass is 32.2. The lowest BCUT2D eigenvalue weighted by molar-refractivity contribution is 0.329. The van der Waals surface area contributed by atoms with Gasteiger partial charge in [0.05, 0.1) is 5.69 Å². The molecule has 0 unspecified atom stereocenters. The average molecular weight is 285 g/mol. The van der Waals surface area contributed by atoms with Crippen LogP contribution in [0.25, 0.3) is 0 Å². The second-order valence-corrected chi connectivity index (χ2v) is 6.29. The number of hydrazine groups is 1. The molecule has 1 heterocycles. The molecule has 1 aliphatic rings. The molecule has 0 saturated heterocycles. The molecule has 1 saturated carbocycles. The van der Waals surface area contributed by atoms with Crippen LogP contribution in [0, 0.1) is 0 Å². The molecule has 1 aromatic rings. The largest absolute Gasteiger partial charge is 0.321 e. The van der Waals surface area contributed by atoms with Gasteiger partial charge in [-0.3, -0.25) is 5.84 Å². The first-order chi connectivity index (χ1) is 9.04. The number of rotatable bonds is 7. The fourth-order valence-electron chi connectivity index (χ4n) is 1.84. The normalized spacial score (nSPS) is 15.7. The Morgan fingerprint density at radius 3 is 2.89 bits per heavy atom. The van der Waals surface area contributed by atoms with E-state index in [9.17, 15) is 8.42 Å². The quantitative estimate of drug-likeness (QED) is 0.471. The van der Waals surface area contributed by atoms with Crippen LogP contribution in [0.5, 0.6) is 0 Å². The number of hydrogen-bond acceptors (Lipinski definition) is 6. The number of anilines is 1. The van der Waals surface area contributed by atoms with E-state index in [2.05, 4.69) is 20.0 Å². The lowest BCUT2D eigenvalue weighted by Gasteiger charge is -2.16. The highest BCUT2D eigenvalue weighted by Gasteiger charge is 2.26. The van der Waals surface area contributed by atoms with E-state index < -0.39 is 10.0 Å². The van der Waals surface area contributed by atoms with Crippen molar-refractivity contribution >= 4 is 15.7 Å². The molecule has 7 nitrogen and oxygen atoms in total. The summed E-state index contributed by atoms with van der Waals surface area (Å²) in [5.41, 5.74) is 2.62. The molecule has 0 spiro atoms. The summed E-state index contributed by atoms with van der Waals surface area (Å²) in [4.78, 5) is 6.02. The Balaban J connectivity index is 1.97. The Morgan fingerprint density at radius 1 is 1.53 bits per heavy atom. The molecular weight excluding hydrogens is 266 g/mol. The van der Waals surface area contributed by atoms with Gasteiger partial charge in [-0.25, -0.2) is 18.1 Å². The number of nitrogens with two attached hydrogens (primary N) is 1. The molecule has 1 aromatic heterocycles. The molecule has 1 aliphatic carbocycles. The summed E-state index contributed by atoms with van der Waals surface area (Å²) in [7, 11) is -1.63. The van der Waals surface area contributed by atoms with Crippen LogP contribution in [0.1, 0.15) is 12.8 Å². The SMILES string of the molecule is CN(CCNS(=O)(=O)c1ncccc1NN)C1CC1. The minimum Gasteiger partial charge on any atom is -0.321 e. The van der Waals surface area contributed by atoms with Gasteiger partial charge in [0.25, 0.3) is 10.0 Å². The monoisotopic (exact) mass is 285 g/mol. The van der Waals surface area contributed by atoms with Crippen LogP contribution >= 0.6 is 0 Å². The van der Waals surface area contributed by atoms with Crippen molar-refractivity contribution in [2.75, 3.05) is 25.6 Å². The first kappa shape index (κ1) is 14.2. The Bertz CT molecular complexity index is 530. The van der Waals surface area contributed by atoms with Crippen LogP contribution in [0.15, 0.2) is 23.4 Å². The molecule has 0 atom stereocenters. The van der Waals surface area contributed by atoms with E-state index in [0.29, 0.717) is 19.1 Å². The standard InChI is InChI=1S/C11H19N5O2S/c1-16(9-4-5-9)8-7-14-19(17,18)11-10(15-12)3-2-6-13-11/h2-3,6,9,14-15H,4-5,7-8,12H2,1H3. The summed E-state index contributed by atoms with van der Waals surface area (Å²) >= 11 is 0. The Kier molecular flexibility index (Phi) is 4.35. The summed E-state index contributed by atoms with van der Waals surface area (Å²) in [6, 6.07) is 3.80. The van der Waals surface area contributed by atoms with Crippen LogP contribution in [-0.4, -0.2) is 44.5 Å². The Labute approximate surface area is 113 Å². The van der Waals surface area contributed by atoms with Gasteiger partial charge in [0.2, 0.25) is 0 Å². The third-order valence-electron chi connectivity index (χ3n) is 3.11. The van der Waals surface area contributed by atoms with Gasteiger partial charge in [-0.1, -0.05) is 0 Å². The van der Waals surface area contributed by atoms with Crippen molar-refractivity contribution in [2.45, 2.75) is 23.9 Å². The van der Waals surface area contributed by atoms with Gasteiger partial charge in [0, 0.05) is 25.3 Å². The third-order valence-corrected chi connectivity index (χ3v) is 4.53. The van der Waals surface area contributed by atoms with E-state index >= 15 is 0 Å². The molecule has 0 amide bonds. The molecule has 2 rings (SSSR count). The summed E-state index contributed by atoms with van der Waals surface area (Å²) in [5, 5.41) is -0.0772. The molecule has 19 heavy (non-hydrogen) atoms. The van der Waals surface area contributed by atoms with E-state index in [1.807, 2.05) is 7.05 Å². The zero-order valence-corrected chi connectivity index (χ0v) is 11.7. The topological polar surface area (TPSA) is 100 Å². The number of hydrogen-bond donors (Lipinski definition) is 3. The van der Waals surface area contributed by atoms with Gasteiger partial charge >= 0.3 is 0 Å². The van der Waals surface area contributed by atoms with Crippen molar-refractivity contribution in [3.63, 3.8) is 0 Å². The lowest BCUT2D eigenvalue weighted by Crippen LogP contribution is -2.34. The number of nitrogen functional groups attached to an aromatic ring is 1. The Hall–Kier alpha value is -1.22. The maximum atomic E-state index is 12.1. The first-order valence-electron chi connectivity index (χ1n) is 6.16. The second-order valence-electron chi connectivity index (χ2n) is 4.61.